The van der Waals surface area contributed by atoms with Crippen LogP contribution in [0.15, 0.2) is 24.3 Å². The number of carbonyl (C=O) groups excluding carboxylic acids is 2. The molecule has 1 heterocycles. The van der Waals surface area contributed by atoms with Crippen molar-refractivity contribution in [2.45, 2.75) is 39.0 Å². The maximum Gasteiger partial charge on any atom is 0.224 e. The number of rotatable bonds is 5. The van der Waals surface area contributed by atoms with Gasteiger partial charge in [0.25, 0.3) is 0 Å². The molecule has 0 bridgehead atoms. The third kappa shape index (κ3) is 4.98. The van der Waals surface area contributed by atoms with Crippen LogP contribution < -0.4 is 9.64 Å². The summed E-state index contributed by atoms with van der Waals surface area (Å²) in [6, 6.07) is 7.33. The van der Waals surface area contributed by atoms with Crippen molar-refractivity contribution in [1.29, 1.82) is 0 Å². The van der Waals surface area contributed by atoms with Crippen LogP contribution >= 0.6 is 0 Å². The third-order valence-electron chi connectivity index (χ3n) is 4.27. The van der Waals surface area contributed by atoms with Crippen LogP contribution in [0.5, 0.6) is 5.75 Å². The lowest BCUT2D eigenvalue weighted by Crippen LogP contribution is -2.36. The maximum atomic E-state index is 12.4. The highest BCUT2D eigenvalue weighted by molar-refractivity contribution is 5.92. The summed E-state index contributed by atoms with van der Waals surface area (Å²) in [5, 5.41) is 0. The number of benzene rings is 1. The van der Waals surface area contributed by atoms with E-state index in [4.69, 9.17) is 4.74 Å². The molecule has 23 heavy (non-hydrogen) atoms. The van der Waals surface area contributed by atoms with Crippen LogP contribution in [0.4, 0.5) is 5.69 Å². The van der Waals surface area contributed by atoms with Gasteiger partial charge in [0.1, 0.15) is 5.75 Å². The lowest BCUT2D eigenvalue weighted by molar-refractivity contribution is -0.131. The Morgan fingerprint density at radius 3 is 2.22 bits per heavy atom. The van der Waals surface area contributed by atoms with E-state index in [0.717, 1.165) is 37.4 Å². The Labute approximate surface area is 138 Å². The minimum absolute atomic E-state index is 0.0566. The van der Waals surface area contributed by atoms with E-state index in [1.165, 1.54) is 19.8 Å². The van der Waals surface area contributed by atoms with Crippen LogP contribution in [0.2, 0.25) is 0 Å². The highest BCUT2D eigenvalue weighted by Gasteiger charge is 2.18. The molecule has 1 aliphatic rings. The van der Waals surface area contributed by atoms with E-state index < -0.39 is 0 Å². The smallest absolute Gasteiger partial charge is 0.224 e. The van der Waals surface area contributed by atoms with E-state index in [9.17, 15) is 9.59 Å². The highest BCUT2D eigenvalue weighted by Crippen LogP contribution is 2.20. The Morgan fingerprint density at radius 1 is 1.09 bits per heavy atom. The number of hydrogen-bond donors (Lipinski definition) is 0. The third-order valence-corrected chi connectivity index (χ3v) is 4.27. The van der Waals surface area contributed by atoms with Gasteiger partial charge in [-0.3, -0.25) is 9.59 Å². The molecule has 1 fully saturated rings. The van der Waals surface area contributed by atoms with Crippen molar-refractivity contribution in [1.82, 2.24) is 4.90 Å². The first kappa shape index (κ1) is 17.3. The molecule has 1 aromatic carbocycles. The summed E-state index contributed by atoms with van der Waals surface area (Å²) in [5.74, 6) is 0.836. The molecule has 0 spiro atoms. The molecule has 1 aromatic rings. The summed E-state index contributed by atoms with van der Waals surface area (Å²) >= 11 is 0. The van der Waals surface area contributed by atoms with Crippen molar-refractivity contribution in [2.75, 3.05) is 31.6 Å². The van der Waals surface area contributed by atoms with Crippen molar-refractivity contribution in [2.24, 2.45) is 0 Å². The number of methoxy groups -OCH3 is 1. The Balaban J connectivity index is 1.96. The first-order valence-corrected chi connectivity index (χ1v) is 8.32. The van der Waals surface area contributed by atoms with Crippen LogP contribution in [-0.2, 0) is 9.59 Å². The van der Waals surface area contributed by atoms with Gasteiger partial charge in [0.2, 0.25) is 11.8 Å². The quantitative estimate of drug-likeness (QED) is 0.839. The van der Waals surface area contributed by atoms with Gasteiger partial charge in [-0.15, -0.1) is 0 Å². The summed E-state index contributed by atoms with van der Waals surface area (Å²) in [6.07, 6.45) is 4.94. The van der Waals surface area contributed by atoms with Crippen molar-refractivity contribution in [3.8, 4) is 5.75 Å². The number of likely N-dealkylation sites (tertiary alicyclic amines) is 1. The highest BCUT2D eigenvalue weighted by atomic mass is 16.5. The minimum atomic E-state index is -0.0566. The average Bonchev–Trinajstić information content (AvgIpc) is 2.84. The maximum absolute atomic E-state index is 12.4. The van der Waals surface area contributed by atoms with Gasteiger partial charge in [-0.1, -0.05) is 12.8 Å². The second-order valence-electron chi connectivity index (χ2n) is 5.91. The van der Waals surface area contributed by atoms with Gasteiger partial charge in [0.15, 0.2) is 0 Å². The molecule has 5 nitrogen and oxygen atoms in total. The largest absolute Gasteiger partial charge is 0.497 e. The first-order valence-electron chi connectivity index (χ1n) is 8.32. The van der Waals surface area contributed by atoms with Gasteiger partial charge in [0.05, 0.1) is 7.11 Å². The van der Waals surface area contributed by atoms with Gasteiger partial charge < -0.3 is 14.5 Å². The topological polar surface area (TPSA) is 49.9 Å². The molecular formula is C18H26N2O3. The number of hydrogen-bond acceptors (Lipinski definition) is 3. The zero-order chi connectivity index (χ0) is 16.7. The van der Waals surface area contributed by atoms with Gasteiger partial charge in [-0.2, -0.15) is 0 Å². The molecule has 5 heteroatoms. The second kappa shape index (κ2) is 8.56. The Bertz CT molecular complexity index is 520. The van der Waals surface area contributed by atoms with Crippen LogP contribution in [0.1, 0.15) is 39.0 Å². The lowest BCUT2D eigenvalue weighted by atomic mass is 10.2. The fourth-order valence-corrected chi connectivity index (χ4v) is 2.92. The molecule has 2 rings (SSSR count). The molecule has 0 radical (unpaired) electrons. The van der Waals surface area contributed by atoms with E-state index in [2.05, 4.69) is 0 Å². The van der Waals surface area contributed by atoms with Crippen molar-refractivity contribution < 1.29 is 14.3 Å². The first-order chi connectivity index (χ1) is 11.1. The molecule has 126 valence electrons. The van der Waals surface area contributed by atoms with E-state index in [0.29, 0.717) is 13.0 Å². The molecule has 2 amide bonds. The lowest BCUT2D eigenvalue weighted by Gasteiger charge is -2.24. The van der Waals surface area contributed by atoms with E-state index >= 15 is 0 Å². The molecule has 0 aromatic heterocycles. The normalized spacial score (nSPS) is 15.0. The van der Waals surface area contributed by atoms with Gasteiger partial charge >= 0.3 is 0 Å². The van der Waals surface area contributed by atoms with Crippen LogP contribution in [0.25, 0.3) is 0 Å². The number of anilines is 1. The van der Waals surface area contributed by atoms with Crippen LogP contribution in [0.3, 0.4) is 0 Å². The minimum Gasteiger partial charge on any atom is -0.497 e. The van der Waals surface area contributed by atoms with Crippen LogP contribution in [0, 0.1) is 0 Å². The summed E-state index contributed by atoms with van der Waals surface area (Å²) in [5.41, 5.74) is 0.793. The Hall–Kier alpha value is -2.04. The van der Waals surface area contributed by atoms with E-state index in [1.807, 2.05) is 29.2 Å². The van der Waals surface area contributed by atoms with Crippen molar-refractivity contribution in [3.05, 3.63) is 24.3 Å². The predicted molar refractivity (Wildman–Crippen MR) is 90.7 cm³/mol. The molecule has 0 unspecified atom stereocenters. The molecule has 0 aliphatic carbocycles. The number of carbonyl (C=O) groups is 2. The molecule has 1 saturated heterocycles. The SMILES string of the molecule is COc1ccc(N(CCC(=O)N2CCCCCC2)C(C)=O)cc1. The van der Waals surface area contributed by atoms with Gasteiger partial charge in [-0.05, 0) is 37.1 Å². The summed E-state index contributed by atoms with van der Waals surface area (Å²) in [6.45, 7) is 3.64. The molecule has 0 saturated carbocycles. The van der Waals surface area contributed by atoms with Crippen LogP contribution in [-0.4, -0.2) is 43.5 Å². The van der Waals surface area contributed by atoms with Gasteiger partial charge in [0, 0.05) is 38.7 Å². The molecule has 1 aliphatic heterocycles. The molecular weight excluding hydrogens is 292 g/mol. The number of ether oxygens (including phenoxy) is 1. The molecule has 0 atom stereocenters. The standard InChI is InChI=1S/C18H26N2O3/c1-15(21)20(16-7-9-17(23-2)10-8-16)14-11-18(22)19-12-5-3-4-6-13-19/h7-10H,3-6,11-14H2,1-2H3. The number of nitrogens with zero attached hydrogens (tertiary/aromatic N) is 2. The van der Waals surface area contributed by atoms with Crippen molar-refractivity contribution in [3.63, 3.8) is 0 Å². The average molecular weight is 318 g/mol. The summed E-state index contributed by atoms with van der Waals surface area (Å²) < 4.78 is 5.13. The predicted octanol–water partition coefficient (Wildman–Crippen LogP) is 2.84. The van der Waals surface area contributed by atoms with Crippen molar-refractivity contribution >= 4 is 17.5 Å². The monoisotopic (exact) mass is 318 g/mol. The summed E-state index contributed by atoms with van der Waals surface area (Å²) in [7, 11) is 1.61. The summed E-state index contributed by atoms with van der Waals surface area (Å²) in [4.78, 5) is 27.9. The number of amides is 2. The van der Waals surface area contributed by atoms with Gasteiger partial charge in [-0.25, -0.2) is 0 Å². The second-order valence-corrected chi connectivity index (χ2v) is 5.91. The Morgan fingerprint density at radius 2 is 1.70 bits per heavy atom. The Kier molecular flexibility index (Phi) is 6.44. The fraction of sp³-hybridized carbons (Fsp3) is 0.556. The fourth-order valence-electron chi connectivity index (χ4n) is 2.92. The zero-order valence-electron chi connectivity index (χ0n) is 14.1. The zero-order valence-corrected chi connectivity index (χ0v) is 14.1. The van der Waals surface area contributed by atoms with E-state index in [1.54, 1.807) is 12.0 Å². The molecule has 0 N–H and O–H groups in total. The van der Waals surface area contributed by atoms with E-state index in [-0.39, 0.29) is 11.8 Å².